The van der Waals surface area contributed by atoms with E-state index in [2.05, 4.69) is 26.0 Å². The second-order valence-corrected chi connectivity index (χ2v) is 6.53. The molecule has 0 aliphatic rings. The molecule has 0 aliphatic carbocycles. The third-order valence-electron chi connectivity index (χ3n) is 3.47. The maximum absolute atomic E-state index is 11.2. The van der Waals surface area contributed by atoms with Crippen LogP contribution in [0.5, 0.6) is 0 Å². The highest BCUT2D eigenvalue weighted by molar-refractivity contribution is 7.85. The zero-order chi connectivity index (χ0) is 14.8. The van der Waals surface area contributed by atoms with Crippen LogP contribution in [0, 0.1) is 0 Å². The minimum atomic E-state index is -4.14. The Hall–Kier alpha value is -1.39. The van der Waals surface area contributed by atoms with Gasteiger partial charge in [-0.1, -0.05) is 44.9 Å². The Morgan fingerprint density at radius 1 is 0.900 bits per heavy atom. The van der Waals surface area contributed by atoms with E-state index in [-0.39, 0.29) is 4.90 Å². The summed E-state index contributed by atoms with van der Waals surface area (Å²) in [5, 5.41) is 1.88. The molecule has 0 spiro atoms. The lowest BCUT2D eigenvalue weighted by Gasteiger charge is -2.11. The molecule has 2 aromatic rings. The van der Waals surface area contributed by atoms with Gasteiger partial charge in [0, 0.05) is 0 Å². The number of benzene rings is 2. The van der Waals surface area contributed by atoms with E-state index in [0.717, 1.165) is 36.5 Å². The normalized spacial score (nSPS) is 11.9. The van der Waals surface area contributed by atoms with E-state index in [9.17, 15) is 8.42 Å². The van der Waals surface area contributed by atoms with Crippen molar-refractivity contribution in [1.29, 1.82) is 0 Å². The van der Waals surface area contributed by atoms with Crippen molar-refractivity contribution in [1.82, 2.24) is 0 Å². The minimum absolute atomic E-state index is 0.0457. The number of rotatable bonds is 5. The van der Waals surface area contributed by atoms with Crippen molar-refractivity contribution in [3.05, 3.63) is 41.5 Å². The number of aryl methyl sites for hydroxylation is 2. The van der Waals surface area contributed by atoms with Crippen molar-refractivity contribution in [2.75, 3.05) is 0 Å². The summed E-state index contributed by atoms with van der Waals surface area (Å²) in [7, 11) is -4.14. The van der Waals surface area contributed by atoms with Crippen molar-refractivity contribution in [3.8, 4) is 0 Å². The van der Waals surface area contributed by atoms with Gasteiger partial charge >= 0.3 is 0 Å². The lowest BCUT2D eigenvalue weighted by molar-refractivity contribution is 0.483. The van der Waals surface area contributed by atoms with Crippen LogP contribution in [0.3, 0.4) is 0 Å². The highest BCUT2D eigenvalue weighted by Gasteiger charge is 2.11. The summed E-state index contributed by atoms with van der Waals surface area (Å²) in [6.07, 6.45) is 4.16. The molecule has 0 amide bonds. The van der Waals surface area contributed by atoms with Gasteiger partial charge in [-0.15, -0.1) is 0 Å². The van der Waals surface area contributed by atoms with Gasteiger partial charge in [-0.2, -0.15) is 8.42 Å². The van der Waals surface area contributed by atoms with E-state index in [1.807, 2.05) is 0 Å². The lowest BCUT2D eigenvalue weighted by Crippen LogP contribution is -1.99. The van der Waals surface area contributed by atoms with Gasteiger partial charge in [-0.05, 0) is 46.9 Å². The molecule has 0 bridgehead atoms. The molecule has 108 valence electrons. The molecule has 0 unspecified atom stereocenters. The fourth-order valence-electron chi connectivity index (χ4n) is 2.53. The zero-order valence-electron chi connectivity index (χ0n) is 11.9. The van der Waals surface area contributed by atoms with Crippen LogP contribution in [0.25, 0.3) is 10.8 Å². The van der Waals surface area contributed by atoms with E-state index in [0.29, 0.717) is 0 Å². The zero-order valence-corrected chi connectivity index (χ0v) is 12.7. The predicted octanol–water partition coefficient (Wildman–Crippen LogP) is 3.99. The molecule has 1 N–H and O–H groups in total. The fraction of sp³-hybridized carbons (Fsp3) is 0.375. The van der Waals surface area contributed by atoms with Gasteiger partial charge in [0.2, 0.25) is 0 Å². The first-order valence-electron chi connectivity index (χ1n) is 6.98. The molecule has 2 rings (SSSR count). The first-order valence-corrected chi connectivity index (χ1v) is 8.42. The van der Waals surface area contributed by atoms with Crippen molar-refractivity contribution in [3.63, 3.8) is 0 Å². The summed E-state index contributed by atoms with van der Waals surface area (Å²) in [6.45, 7) is 4.29. The van der Waals surface area contributed by atoms with E-state index >= 15 is 0 Å². The third kappa shape index (κ3) is 3.19. The summed E-state index contributed by atoms with van der Waals surface area (Å²) in [4.78, 5) is -0.0457. The molecule has 3 nitrogen and oxygen atoms in total. The molecule has 0 aliphatic heterocycles. The minimum Gasteiger partial charge on any atom is -0.282 e. The molecule has 0 atom stereocenters. The molecule has 4 heteroatoms. The molecule has 0 saturated heterocycles. The van der Waals surface area contributed by atoms with Gasteiger partial charge < -0.3 is 0 Å². The summed E-state index contributed by atoms with van der Waals surface area (Å²) in [5.41, 5.74) is 2.61. The van der Waals surface area contributed by atoms with Crippen molar-refractivity contribution in [2.24, 2.45) is 0 Å². The van der Waals surface area contributed by atoms with Crippen LogP contribution in [-0.2, 0) is 23.0 Å². The van der Waals surface area contributed by atoms with E-state index in [4.69, 9.17) is 4.55 Å². The molecule has 0 saturated carbocycles. The first kappa shape index (κ1) is 15.0. The Labute approximate surface area is 120 Å². The monoisotopic (exact) mass is 292 g/mol. The topological polar surface area (TPSA) is 54.4 Å². The van der Waals surface area contributed by atoms with Crippen LogP contribution >= 0.6 is 0 Å². The van der Waals surface area contributed by atoms with Crippen LogP contribution in [0.4, 0.5) is 0 Å². The Balaban J connectivity index is 2.61. The van der Waals surface area contributed by atoms with Crippen molar-refractivity contribution < 1.29 is 13.0 Å². The van der Waals surface area contributed by atoms with Gasteiger partial charge in [0.1, 0.15) is 0 Å². The van der Waals surface area contributed by atoms with Crippen molar-refractivity contribution in [2.45, 2.75) is 44.4 Å². The quantitative estimate of drug-likeness (QED) is 0.848. The molecule has 0 radical (unpaired) electrons. The Morgan fingerprint density at radius 3 is 1.95 bits per heavy atom. The van der Waals surface area contributed by atoms with Gasteiger partial charge in [0.25, 0.3) is 10.1 Å². The summed E-state index contributed by atoms with van der Waals surface area (Å²) in [5.74, 6) is 0. The van der Waals surface area contributed by atoms with Crippen LogP contribution in [0.2, 0.25) is 0 Å². The van der Waals surface area contributed by atoms with E-state index in [1.54, 1.807) is 12.1 Å². The molecular formula is C16H20O3S. The molecular weight excluding hydrogens is 272 g/mol. The fourth-order valence-corrected chi connectivity index (χ4v) is 3.05. The average Bonchev–Trinajstić information content (AvgIpc) is 2.38. The van der Waals surface area contributed by atoms with Crippen molar-refractivity contribution >= 4 is 20.9 Å². The van der Waals surface area contributed by atoms with Gasteiger partial charge in [-0.3, -0.25) is 4.55 Å². The second-order valence-electron chi connectivity index (χ2n) is 5.10. The summed E-state index contributed by atoms with van der Waals surface area (Å²) < 4.78 is 31.6. The number of hydrogen-bond acceptors (Lipinski definition) is 2. The average molecular weight is 292 g/mol. The van der Waals surface area contributed by atoms with Gasteiger partial charge in [0.15, 0.2) is 0 Å². The van der Waals surface area contributed by atoms with Gasteiger partial charge in [-0.25, -0.2) is 0 Å². The van der Waals surface area contributed by atoms with Crippen LogP contribution in [-0.4, -0.2) is 13.0 Å². The van der Waals surface area contributed by atoms with Crippen LogP contribution in [0.15, 0.2) is 35.2 Å². The molecule has 0 heterocycles. The first-order chi connectivity index (χ1) is 9.45. The van der Waals surface area contributed by atoms with E-state index in [1.165, 1.54) is 17.2 Å². The lowest BCUT2D eigenvalue weighted by atomic mass is 9.95. The summed E-state index contributed by atoms with van der Waals surface area (Å²) >= 11 is 0. The second kappa shape index (κ2) is 5.94. The maximum Gasteiger partial charge on any atom is 0.294 e. The van der Waals surface area contributed by atoms with Crippen LogP contribution in [0.1, 0.15) is 37.8 Å². The highest BCUT2D eigenvalue weighted by Crippen LogP contribution is 2.25. The maximum atomic E-state index is 11.2. The SMILES string of the molecule is CCCc1cc2ccc(S(=O)(=O)O)cc2cc1CCC. The Morgan fingerprint density at radius 2 is 1.45 bits per heavy atom. The third-order valence-corrected chi connectivity index (χ3v) is 4.32. The predicted molar refractivity (Wildman–Crippen MR) is 81.8 cm³/mol. The Kier molecular flexibility index (Phi) is 4.45. The standard InChI is InChI=1S/C16H20O3S/c1-3-5-12-9-14-7-8-16(20(17,18)19)11-15(14)10-13(12)6-4-2/h7-11H,3-6H2,1-2H3,(H,17,18,19). The van der Waals surface area contributed by atoms with Crippen LogP contribution < -0.4 is 0 Å². The molecule has 2 aromatic carbocycles. The van der Waals surface area contributed by atoms with E-state index < -0.39 is 10.1 Å². The Bertz CT molecular complexity index is 718. The summed E-state index contributed by atoms with van der Waals surface area (Å²) in [6, 6.07) is 8.94. The highest BCUT2D eigenvalue weighted by atomic mass is 32.2. The molecule has 20 heavy (non-hydrogen) atoms. The van der Waals surface area contributed by atoms with Gasteiger partial charge in [0.05, 0.1) is 4.90 Å². The molecule has 0 fully saturated rings. The smallest absolute Gasteiger partial charge is 0.282 e. The number of fused-ring (bicyclic) bond motifs is 1. The molecule has 0 aromatic heterocycles. The number of hydrogen-bond donors (Lipinski definition) is 1. The largest absolute Gasteiger partial charge is 0.294 e.